The molecule has 0 bridgehead atoms. The number of phenolic OH excluding ortho intramolecular Hbond substituents is 1. The summed E-state index contributed by atoms with van der Waals surface area (Å²) in [5.74, 6) is 0.219. The maximum absolute atomic E-state index is 12.6. The molecule has 6 heteroatoms. The molecular formula is C24H26O6. The molecule has 1 N–H and O–H groups in total. The van der Waals surface area contributed by atoms with Gasteiger partial charge in [0.15, 0.2) is 0 Å². The summed E-state index contributed by atoms with van der Waals surface area (Å²) >= 11 is 0. The van der Waals surface area contributed by atoms with E-state index in [1.165, 1.54) is 6.07 Å². The van der Waals surface area contributed by atoms with E-state index in [4.69, 9.17) is 13.9 Å². The van der Waals surface area contributed by atoms with Crippen molar-refractivity contribution in [1.82, 2.24) is 0 Å². The van der Waals surface area contributed by atoms with Crippen molar-refractivity contribution in [3.8, 4) is 11.5 Å². The lowest BCUT2D eigenvalue weighted by molar-refractivity contribution is -0.139. The van der Waals surface area contributed by atoms with Crippen LogP contribution in [0.1, 0.15) is 58.4 Å². The van der Waals surface area contributed by atoms with Crippen LogP contribution < -0.4 is 10.4 Å². The molecule has 0 amide bonds. The van der Waals surface area contributed by atoms with Crippen molar-refractivity contribution in [2.24, 2.45) is 0 Å². The second-order valence-electron chi connectivity index (χ2n) is 8.54. The zero-order valence-corrected chi connectivity index (χ0v) is 17.7. The van der Waals surface area contributed by atoms with Crippen molar-refractivity contribution < 1.29 is 23.8 Å². The Bertz CT molecular complexity index is 1140. The van der Waals surface area contributed by atoms with Gasteiger partial charge in [-0.05, 0) is 51.8 Å². The Morgan fingerprint density at radius 2 is 2.07 bits per heavy atom. The Morgan fingerprint density at radius 1 is 1.30 bits per heavy atom. The average molecular weight is 410 g/mol. The molecule has 6 nitrogen and oxygen atoms in total. The molecule has 3 atom stereocenters. The van der Waals surface area contributed by atoms with E-state index in [-0.39, 0.29) is 23.7 Å². The van der Waals surface area contributed by atoms with Crippen LogP contribution in [-0.2, 0) is 9.53 Å². The van der Waals surface area contributed by atoms with Crippen molar-refractivity contribution in [1.29, 1.82) is 0 Å². The predicted molar refractivity (Wildman–Crippen MR) is 113 cm³/mol. The number of esters is 1. The quantitative estimate of drug-likeness (QED) is 0.435. The van der Waals surface area contributed by atoms with Crippen molar-refractivity contribution in [3.63, 3.8) is 0 Å². The van der Waals surface area contributed by atoms with E-state index in [0.29, 0.717) is 34.3 Å². The largest absolute Gasteiger partial charge is 0.508 e. The molecule has 1 aromatic heterocycles. The van der Waals surface area contributed by atoms with Crippen LogP contribution in [0, 0.1) is 0 Å². The fourth-order valence-corrected chi connectivity index (χ4v) is 4.27. The number of hydrogen-bond acceptors (Lipinski definition) is 6. The molecule has 4 rings (SSSR count). The van der Waals surface area contributed by atoms with Crippen LogP contribution in [0.2, 0.25) is 0 Å². The zero-order valence-electron chi connectivity index (χ0n) is 17.7. The Kier molecular flexibility index (Phi) is 4.96. The fourth-order valence-electron chi connectivity index (χ4n) is 4.27. The number of hydrogen-bond donors (Lipinski definition) is 1. The monoisotopic (exact) mass is 410 g/mol. The van der Waals surface area contributed by atoms with Gasteiger partial charge in [0, 0.05) is 24.0 Å². The molecular weight excluding hydrogens is 384 g/mol. The zero-order chi connectivity index (χ0) is 21.6. The van der Waals surface area contributed by atoms with Crippen molar-refractivity contribution in [3.05, 3.63) is 57.5 Å². The maximum atomic E-state index is 12.6. The number of carbonyl (C=O) groups is 1. The first kappa shape index (κ1) is 20.3. The molecule has 0 aliphatic carbocycles. The molecule has 2 aliphatic heterocycles. The highest BCUT2D eigenvalue weighted by Crippen LogP contribution is 2.48. The van der Waals surface area contributed by atoms with E-state index in [9.17, 15) is 14.7 Å². The number of benzene rings is 1. The number of fused-ring (bicyclic) bond motifs is 3. The van der Waals surface area contributed by atoms with Gasteiger partial charge in [0.2, 0.25) is 0 Å². The molecule has 0 radical (unpaired) electrons. The molecule has 158 valence electrons. The first-order valence-electron chi connectivity index (χ1n) is 10.2. The van der Waals surface area contributed by atoms with E-state index in [2.05, 4.69) is 6.08 Å². The number of cyclic esters (lactones) is 1. The third-order valence-corrected chi connectivity index (χ3v) is 6.23. The minimum atomic E-state index is -0.545. The summed E-state index contributed by atoms with van der Waals surface area (Å²) in [6, 6.07) is 4.70. The molecule has 0 spiro atoms. The van der Waals surface area contributed by atoms with Gasteiger partial charge in [-0.3, -0.25) is 0 Å². The van der Waals surface area contributed by atoms with Gasteiger partial charge in [0.05, 0.1) is 10.9 Å². The van der Waals surface area contributed by atoms with Crippen LogP contribution in [0.4, 0.5) is 0 Å². The minimum Gasteiger partial charge on any atom is -0.508 e. The Labute approximate surface area is 174 Å². The van der Waals surface area contributed by atoms with Gasteiger partial charge in [-0.1, -0.05) is 18.6 Å². The second kappa shape index (κ2) is 7.35. The molecule has 30 heavy (non-hydrogen) atoms. The first-order valence-corrected chi connectivity index (χ1v) is 10.2. The van der Waals surface area contributed by atoms with Gasteiger partial charge < -0.3 is 19.0 Å². The van der Waals surface area contributed by atoms with E-state index < -0.39 is 11.2 Å². The fraction of sp³-hybridized carbons (Fsp3) is 0.417. The summed E-state index contributed by atoms with van der Waals surface area (Å²) in [6.07, 6.45) is 5.98. The van der Waals surface area contributed by atoms with Gasteiger partial charge in [-0.25, -0.2) is 9.59 Å². The molecule has 1 aromatic carbocycles. The Morgan fingerprint density at radius 3 is 2.77 bits per heavy atom. The van der Waals surface area contributed by atoms with Crippen molar-refractivity contribution in [2.45, 2.75) is 64.6 Å². The number of rotatable bonds is 5. The summed E-state index contributed by atoms with van der Waals surface area (Å²) in [6.45, 7) is 7.79. The van der Waals surface area contributed by atoms with Crippen LogP contribution in [-0.4, -0.2) is 22.8 Å². The summed E-state index contributed by atoms with van der Waals surface area (Å²) < 4.78 is 17.1. The smallest absolute Gasteiger partial charge is 0.343 e. The van der Waals surface area contributed by atoms with Crippen LogP contribution in [0.5, 0.6) is 11.5 Å². The standard InChI is InChI=1S/C24H26O6/c1-13(10-17-11-14(2)22(26)28-17)6-5-9-24(4)15(3)20-21(30-24)18-8-7-16(25)12-19(18)29-23(20)27/h6-8,11-12,15,17,25H,5,9-10H2,1-4H3. The maximum Gasteiger partial charge on any atom is 0.343 e. The van der Waals surface area contributed by atoms with Gasteiger partial charge in [-0.2, -0.15) is 0 Å². The molecule has 0 saturated carbocycles. The normalized spacial score (nSPS) is 25.8. The van der Waals surface area contributed by atoms with Gasteiger partial charge in [-0.15, -0.1) is 0 Å². The summed E-state index contributed by atoms with van der Waals surface area (Å²) in [5.41, 5.74) is 1.71. The number of aromatic hydroxyl groups is 1. The van der Waals surface area contributed by atoms with Gasteiger partial charge >= 0.3 is 11.6 Å². The highest BCUT2D eigenvalue weighted by Gasteiger charge is 2.44. The first-order chi connectivity index (χ1) is 14.2. The molecule has 0 saturated heterocycles. The van der Waals surface area contributed by atoms with E-state index in [0.717, 1.165) is 18.4 Å². The number of allylic oxidation sites excluding steroid dienone is 1. The van der Waals surface area contributed by atoms with Crippen molar-refractivity contribution in [2.75, 3.05) is 0 Å². The van der Waals surface area contributed by atoms with Crippen LogP contribution in [0.25, 0.3) is 11.0 Å². The lowest BCUT2D eigenvalue weighted by Gasteiger charge is -2.28. The number of carbonyl (C=O) groups excluding carboxylic acids is 1. The van der Waals surface area contributed by atoms with Crippen LogP contribution in [0.15, 0.2) is 50.7 Å². The highest BCUT2D eigenvalue weighted by atomic mass is 16.5. The van der Waals surface area contributed by atoms with Crippen LogP contribution in [0.3, 0.4) is 0 Å². The minimum absolute atomic E-state index is 0.0398. The Hall–Kier alpha value is -3.02. The van der Waals surface area contributed by atoms with Crippen LogP contribution >= 0.6 is 0 Å². The van der Waals surface area contributed by atoms with E-state index in [1.54, 1.807) is 19.1 Å². The van der Waals surface area contributed by atoms with Gasteiger partial charge in [0.1, 0.15) is 28.8 Å². The summed E-state index contributed by atoms with van der Waals surface area (Å²) in [7, 11) is 0. The summed E-state index contributed by atoms with van der Waals surface area (Å²) in [4.78, 5) is 24.1. The molecule has 3 unspecified atom stereocenters. The topological polar surface area (TPSA) is 86.0 Å². The molecule has 0 fully saturated rings. The average Bonchev–Trinajstić information content (AvgIpc) is 3.11. The van der Waals surface area contributed by atoms with Gasteiger partial charge in [0.25, 0.3) is 0 Å². The molecule has 3 heterocycles. The Balaban J connectivity index is 1.49. The number of phenols is 1. The van der Waals surface area contributed by atoms with Crippen molar-refractivity contribution >= 4 is 16.9 Å². The third-order valence-electron chi connectivity index (χ3n) is 6.23. The summed E-state index contributed by atoms with van der Waals surface area (Å²) in [5, 5.41) is 10.4. The lowest BCUT2D eigenvalue weighted by Crippen LogP contribution is -2.33. The molecule has 2 aliphatic rings. The predicted octanol–water partition coefficient (Wildman–Crippen LogP) is 4.74. The third kappa shape index (κ3) is 3.51. The second-order valence-corrected chi connectivity index (χ2v) is 8.54. The number of ether oxygens (including phenoxy) is 2. The van der Waals surface area contributed by atoms with E-state index in [1.807, 2.05) is 26.8 Å². The highest BCUT2D eigenvalue weighted by molar-refractivity contribution is 5.90. The molecule has 2 aromatic rings. The lowest BCUT2D eigenvalue weighted by atomic mass is 9.84. The SMILES string of the molecule is CC(=CCCC1(C)Oc2c(c(=O)oc3cc(O)ccc23)C1C)CC1C=C(C)C(=O)O1. The van der Waals surface area contributed by atoms with E-state index >= 15 is 0 Å².